The summed E-state index contributed by atoms with van der Waals surface area (Å²) in [5.41, 5.74) is 1.01. The van der Waals surface area contributed by atoms with Crippen LogP contribution in [0.4, 0.5) is 0 Å². The van der Waals surface area contributed by atoms with E-state index in [1.165, 1.54) is 51.4 Å². The summed E-state index contributed by atoms with van der Waals surface area (Å²) in [6.45, 7) is 3.58. The van der Waals surface area contributed by atoms with Crippen LogP contribution in [0.15, 0.2) is 5.16 Å². The van der Waals surface area contributed by atoms with Gasteiger partial charge in [-0.1, -0.05) is 50.1 Å². The van der Waals surface area contributed by atoms with E-state index in [1.54, 1.807) is 0 Å². The molecule has 0 unspecified atom stereocenters. The molecular formula is C16H30N2O2. The average Bonchev–Trinajstić information content (AvgIpc) is 2.49. The first-order chi connectivity index (χ1) is 9.92. The summed E-state index contributed by atoms with van der Waals surface area (Å²) in [5, 5.41) is 13.1. The largest absolute Gasteiger partial charge is 0.411 e. The zero-order chi connectivity index (χ0) is 14.0. The predicted octanol–water partition coefficient (Wildman–Crippen LogP) is 3.43. The van der Waals surface area contributed by atoms with Gasteiger partial charge in [0.25, 0.3) is 0 Å². The van der Waals surface area contributed by atoms with Crippen molar-refractivity contribution >= 4 is 5.71 Å². The first-order valence-corrected chi connectivity index (χ1v) is 8.44. The number of nitrogens with zero attached hydrogens (tertiary/aromatic N) is 2. The molecule has 4 heteroatoms. The molecule has 1 N–H and O–H groups in total. The third kappa shape index (κ3) is 5.06. The van der Waals surface area contributed by atoms with Crippen molar-refractivity contribution in [2.45, 2.75) is 70.3 Å². The van der Waals surface area contributed by atoms with Crippen molar-refractivity contribution in [1.29, 1.82) is 0 Å². The molecule has 0 amide bonds. The molecule has 0 spiro atoms. The van der Waals surface area contributed by atoms with E-state index in [2.05, 4.69) is 10.1 Å². The van der Waals surface area contributed by atoms with Gasteiger partial charge in [-0.2, -0.15) is 0 Å². The van der Waals surface area contributed by atoms with E-state index in [0.29, 0.717) is 6.04 Å². The standard InChI is InChI=1S/C16H30N2O2/c19-17-15-9-7-5-3-1-2-4-6-8-10-16(15)18-11-13-20-14-12-18/h16,19H,1-14H2/b17-15+/t16-/m1/s1. The van der Waals surface area contributed by atoms with E-state index in [9.17, 15) is 5.21 Å². The van der Waals surface area contributed by atoms with Crippen molar-refractivity contribution in [2.24, 2.45) is 5.16 Å². The van der Waals surface area contributed by atoms with Gasteiger partial charge in [0.1, 0.15) is 0 Å². The minimum atomic E-state index is 0.336. The van der Waals surface area contributed by atoms with Gasteiger partial charge in [-0.25, -0.2) is 0 Å². The Kier molecular flexibility index (Phi) is 7.37. The Morgan fingerprint density at radius 3 is 2.15 bits per heavy atom. The molecule has 1 aliphatic heterocycles. The molecule has 116 valence electrons. The zero-order valence-electron chi connectivity index (χ0n) is 12.7. The van der Waals surface area contributed by atoms with Crippen LogP contribution >= 0.6 is 0 Å². The molecule has 4 nitrogen and oxygen atoms in total. The lowest BCUT2D eigenvalue weighted by Gasteiger charge is -2.35. The van der Waals surface area contributed by atoms with Gasteiger partial charge in [-0.15, -0.1) is 0 Å². The Morgan fingerprint density at radius 2 is 1.50 bits per heavy atom. The van der Waals surface area contributed by atoms with Crippen LogP contribution < -0.4 is 0 Å². The molecule has 2 aliphatic rings. The molecule has 1 atom stereocenters. The minimum absolute atomic E-state index is 0.336. The highest BCUT2D eigenvalue weighted by molar-refractivity contribution is 5.89. The lowest BCUT2D eigenvalue weighted by Crippen LogP contribution is -2.47. The van der Waals surface area contributed by atoms with Crippen molar-refractivity contribution in [3.05, 3.63) is 0 Å². The molecule has 20 heavy (non-hydrogen) atoms. The monoisotopic (exact) mass is 282 g/mol. The van der Waals surface area contributed by atoms with E-state index < -0.39 is 0 Å². The van der Waals surface area contributed by atoms with Gasteiger partial charge in [-0.3, -0.25) is 4.90 Å². The number of oxime groups is 1. The van der Waals surface area contributed by atoms with Gasteiger partial charge in [0.05, 0.1) is 25.0 Å². The molecule has 2 rings (SSSR count). The smallest absolute Gasteiger partial charge is 0.0742 e. The Hall–Kier alpha value is -0.610. The van der Waals surface area contributed by atoms with E-state index in [4.69, 9.17) is 4.74 Å². The van der Waals surface area contributed by atoms with E-state index in [0.717, 1.165) is 44.9 Å². The highest BCUT2D eigenvalue weighted by Crippen LogP contribution is 2.20. The maximum atomic E-state index is 9.43. The van der Waals surface area contributed by atoms with Crippen LogP contribution in [-0.2, 0) is 4.74 Å². The summed E-state index contributed by atoms with van der Waals surface area (Å²) in [6, 6.07) is 0.336. The third-order valence-corrected chi connectivity index (χ3v) is 4.66. The lowest BCUT2D eigenvalue weighted by molar-refractivity contribution is 0.0263. The van der Waals surface area contributed by atoms with Crippen molar-refractivity contribution in [3.8, 4) is 0 Å². The normalized spacial score (nSPS) is 30.6. The maximum Gasteiger partial charge on any atom is 0.0742 e. The first kappa shape index (κ1) is 15.8. The molecule has 1 saturated heterocycles. The van der Waals surface area contributed by atoms with E-state index in [-0.39, 0.29) is 0 Å². The van der Waals surface area contributed by atoms with Crippen molar-refractivity contribution < 1.29 is 9.94 Å². The minimum Gasteiger partial charge on any atom is -0.411 e. The summed E-state index contributed by atoms with van der Waals surface area (Å²) < 4.78 is 5.45. The zero-order valence-corrected chi connectivity index (χ0v) is 12.7. The number of rotatable bonds is 1. The highest BCUT2D eigenvalue weighted by atomic mass is 16.5. The van der Waals surface area contributed by atoms with Crippen LogP contribution in [0.1, 0.15) is 64.2 Å². The van der Waals surface area contributed by atoms with Crippen LogP contribution in [0.2, 0.25) is 0 Å². The molecule has 1 heterocycles. The second-order valence-corrected chi connectivity index (χ2v) is 6.12. The maximum absolute atomic E-state index is 9.43. The summed E-state index contributed by atoms with van der Waals surface area (Å²) in [7, 11) is 0. The molecular weight excluding hydrogens is 252 g/mol. The highest BCUT2D eigenvalue weighted by Gasteiger charge is 2.25. The molecule has 2 fully saturated rings. The van der Waals surface area contributed by atoms with E-state index >= 15 is 0 Å². The summed E-state index contributed by atoms with van der Waals surface area (Å²) in [4.78, 5) is 2.46. The number of hydrogen-bond acceptors (Lipinski definition) is 4. The fraction of sp³-hybridized carbons (Fsp3) is 0.938. The van der Waals surface area contributed by atoms with Gasteiger partial charge < -0.3 is 9.94 Å². The second kappa shape index (κ2) is 9.35. The summed E-state index contributed by atoms with van der Waals surface area (Å²) in [5.74, 6) is 0. The van der Waals surface area contributed by atoms with Gasteiger partial charge in [-0.05, 0) is 19.3 Å². The van der Waals surface area contributed by atoms with E-state index in [1.807, 2.05) is 0 Å². The number of morpholine rings is 1. The fourth-order valence-corrected chi connectivity index (χ4v) is 3.44. The number of ether oxygens (including phenoxy) is 1. The Bertz CT molecular complexity index is 288. The van der Waals surface area contributed by atoms with Gasteiger partial charge in [0.2, 0.25) is 0 Å². The quantitative estimate of drug-likeness (QED) is 0.592. The Labute approximate surface area is 123 Å². The molecule has 1 saturated carbocycles. The molecule has 0 radical (unpaired) electrons. The van der Waals surface area contributed by atoms with Crippen LogP contribution in [0.25, 0.3) is 0 Å². The van der Waals surface area contributed by atoms with Crippen LogP contribution in [0.3, 0.4) is 0 Å². The van der Waals surface area contributed by atoms with Gasteiger partial charge in [0.15, 0.2) is 0 Å². The molecule has 0 aromatic rings. The number of hydrogen-bond donors (Lipinski definition) is 1. The van der Waals surface area contributed by atoms with Crippen molar-refractivity contribution in [2.75, 3.05) is 26.3 Å². The molecule has 1 aliphatic carbocycles. The second-order valence-electron chi connectivity index (χ2n) is 6.12. The summed E-state index contributed by atoms with van der Waals surface area (Å²) in [6.07, 6.45) is 12.6. The topological polar surface area (TPSA) is 45.1 Å². The van der Waals surface area contributed by atoms with Crippen LogP contribution in [-0.4, -0.2) is 48.2 Å². The summed E-state index contributed by atoms with van der Waals surface area (Å²) >= 11 is 0. The Balaban J connectivity index is 1.96. The molecule has 0 aromatic carbocycles. The van der Waals surface area contributed by atoms with Crippen LogP contribution in [0.5, 0.6) is 0 Å². The van der Waals surface area contributed by atoms with Crippen LogP contribution in [0, 0.1) is 0 Å². The molecule has 0 aromatic heterocycles. The predicted molar refractivity (Wildman–Crippen MR) is 81.6 cm³/mol. The fourth-order valence-electron chi connectivity index (χ4n) is 3.44. The third-order valence-electron chi connectivity index (χ3n) is 4.66. The average molecular weight is 282 g/mol. The lowest BCUT2D eigenvalue weighted by atomic mass is 9.95. The Morgan fingerprint density at radius 1 is 0.900 bits per heavy atom. The SMILES string of the molecule is O/N=C1\CCCCCCCCCC[C@H]1N1CCOCC1. The van der Waals surface area contributed by atoms with Crippen molar-refractivity contribution in [3.63, 3.8) is 0 Å². The van der Waals surface area contributed by atoms with Gasteiger partial charge in [0, 0.05) is 13.1 Å². The first-order valence-electron chi connectivity index (χ1n) is 8.44. The van der Waals surface area contributed by atoms with Crippen molar-refractivity contribution in [1.82, 2.24) is 4.90 Å². The molecule has 0 bridgehead atoms. The van der Waals surface area contributed by atoms with Gasteiger partial charge >= 0.3 is 0 Å².